The Morgan fingerprint density at radius 2 is 1.81 bits per heavy atom. The van der Waals surface area contributed by atoms with Gasteiger partial charge in [-0.05, 0) is 48.7 Å². The Balaban J connectivity index is 1.52. The lowest BCUT2D eigenvalue weighted by Crippen LogP contribution is -2.43. The number of hydrogen-bond acceptors (Lipinski definition) is 2. The van der Waals surface area contributed by atoms with Crippen molar-refractivity contribution in [2.24, 2.45) is 0 Å². The summed E-state index contributed by atoms with van der Waals surface area (Å²) in [7, 11) is 0. The van der Waals surface area contributed by atoms with E-state index >= 15 is 0 Å². The maximum Gasteiger partial charge on any atom is 0.123 e. The van der Waals surface area contributed by atoms with Crippen molar-refractivity contribution in [3.63, 3.8) is 0 Å². The van der Waals surface area contributed by atoms with Gasteiger partial charge < -0.3 is 14.8 Å². The quantitative estimate of drug-likeness (QED) is 0.731. The van der Waals surface area contributed by atoms with Gasteiger partial charge in [0.25, 0.3) is 0 Å². The first-order valence-corrected chi connectivity index (χ1v) is 9.54. The highest BCUT2D eigenvalue weighted by Gasteiger charge is 2.12. The molecule has 0 atom stereocenters. The number of piperazine rings is 1. The fourth-order valence-corrected chi connectivity index (χ4v) is 3.88. The van der Waals surface area contributed by atoms with Gasteiger partial charge in [0.1, 0.15) is 5.82 Å². The van der Waals surface area contributed by atoms with Crippen LogP contribution >= 0.6 is 0 Å². The van der Waals surface area contributed by atoms with Crippen molar-refractivity contribution in [2.45, 2.75) is 19.4 Å². The van der Waals surface area contributed by atoms with Crippen LogP contribution in [0, 0.1) is 5.82 Å². The minimum absolute atomic E-state index is 0.154. The van der Waals surface area contributed by atoms with E-state index in [1.165, 1.54) is 11.1 Å². The van der Waals surface area contributed by atoms with Crippen molar-refractivity contribution in [3.8, 4) is 0 Å². The molecule has 3 aromatic rings. The minimum Gasteiger partial charge on any atom is -0.343 e. The van der Waals surface area contributed by atoms with Gasteiger partial charge in [-0.25, -0.2) is 4.39 Å². The summed E-state index contributed by atoms with van der Waals surface area (Å²) in [5, 5.41) is 4.45. The maximum atomic E-state index is 13.8. The summed E-state index contributed by atoms with van der Waals surface area (Å²) in [6.45, 7) is 6.36. The number of fused-ring (bicyclic) bond motifs is 1. The lowest BCUT2D eigenvalue weighted by molar-refractivity contribution is 0.238. The van der Waals surface area contributed by atoms with Gasteiger partial charge in [0.05, 0.1) is 0 Å². The summed E-state index contributed by atoms with van der Waals surface area (Å²) in [4.78, 5) is 2.51. The smallest absolute Gasteiger partial charge is 0.123 e. The van der Waals surface area contributed by atoms with Crippen LogP contribution in [0.15, 0.2) is 54.7 Å². The normalized spacial score (nSPS) is 15.6. The van der Waals surface area contributed by atoms with E-state index in [-0.39, 0.29) is 5.82 Å². The molecular formula is C22H26FN3. The number of rotatable bonds is 6. The van der Waals surface area contributed by atoms with Crippen molar-refractivity contribution < 1.29 is 4.39 Å². The van der Waals surface area contributed by atoms with E-state index in [9.17, 15) is 4.39 Å². The zero-order chi connectivity index (χ0) is 17.8. The van der Waals surface area contributed by atoms with Crippen LogP contribution in [0.5, 0.6) is 0 Å². The molecule has 1 aromatic heterocycles. The van der Waals surface area contributed by atoms with E-state index in [0.29, 0.717) is 0 Å². The van der Waals surface area contributed by atoms with Gasteiger partial charge in [-0.2, -0.15) is 0 Å². The molecule has 1 aliphatic rings. The average molecular weight is 351 g/mol. The number of halogens is 1. The van der Waals surface area contributed by atoms with Crippen molar-refractivity contribution in [2.75, 3.05) is 32.7 Å². The standard InChI is InChI=1S/C22H26FN3/c23-20-8-9-22-21(15-20)19(7-4-12-25-13-10-24-11-14-25)17-26(22)16-18-5-2-1-3-6-18/h1-3,5-6,8-9,15,17,24H,4,7,10-14,16H2. The largest absolute Gasteiger partial charge is 0.343 e. The van der Waals surface area contributed by atoms with Crippen LogP contribution in [0.4, 0.5) is 4.39 Å². The maximum absolute atomic E-state index is 13.8. The number of nitrogens with zero attached hydrogens (tertiary/aromatic N) is 2. The van der Waals surface area contributed by atoms with Crippen LogP contribution in [-0.2, 0) is 13.0 Å². The Morgan fingerprint density at radius 1 is 1.00 bits per heavy atom. The zero-order valence-electron chi connectivity index (χ0n) is 15.1. The molecular weight excluding hydrogens is 325 g/mol. The van der Waals surface area contributed by atoms with Gasteiger partial charge in [-0.1, -0.05) is 30.3 Å². The van der Waals surface area contributed by atoms with E-state index in [1.54, 1.807) is 12.1 Å². The predicted molar refractivity (Wildman–Crippen MR) is 105 cm³/mol. The molecule has 0 amide bonds. The lowest BCUT2D eigenvalue weighted by atomic mass is 10.1. The first kappa shape index (κ1) is 17.3. The van der Waals surface area contributed by atoms with Gasteiger partial charge in [-0.3, -0.25) is 0 Å². The summed E-state index contributed by atoms with van der Waals surface area (Å²) < 4.78 is 16.1. The Kier molecular flexibility index (Phi) is 5.32. The Morgan fingerprint density at radius 3 is 2.62 bits per heavy atom. The topological polar surface area (TPSA) is 20.2 Å². The average Bonchev–Trinajstić information content (AvgIpc) is 3.00. The van der Waals surface area contributed by atoms with Gasteiger partial charge in [0.2, 0.25) is 0 Å². The van der Waals surface area contributed by atoms with Crippen LogP contribution < -0.4 is 5.32 Å². The first-order valence-electron chi connectivity index (χ1n) is 9.54. The molecule has 1 aliphatic heterocycles. The second kappa shape index (κ2) is 8.02. The first-order chi connectivity index (χ1) is 12.8. The summed E-state index contributed by atoms with van der Waals surface area (Å²) in [6.07, 6.45) is 4.32. The third-order valence-electron chi connectivity index (χ3n) is 5.25. The Hall–Kier alpha value is -2.17. The van der Waals surface area contributed by atoms with Gasteiger partial charge in [0, 0.05) is 49.8 Å². The predicted octanol–water partition coefficient (Wildman–Crippen LogP) is 3.67. The Bertz CT molecular complexity index is 850. The zero-order valence-corrected chi connectivity index (χ0v) is 15.1. The minimum atomic E-state index is -0.154. The molecule has 1 saturated heterocycles. The third kappa shape index (κ3) is 3.97. The molecule has 4 heteroatoms. The van der Waals surface area contributed by atoms with E-state index in [0.717, 1.165) is 63.0 Å². The van der Waals surface area contributed by atoms with Gasteiger partial charge >= 0.3 is 0 Å². The van der Waals surface area contributed by atoms with Crippen molar-refractivity contribution >= 4 is 10.9 Å². The number of nitrogens with one attached hydrogen (secondary N) is 1. The fraction of sp³-hybridized carbons (Fsp3) is 0.364. The molecule has 0 bridgehead atoms. The third-order valence-corrected chi connectivity index (χ3v) is 5.25. The van der Waals surface area contributed by atoms with Crippen LogP contribution in [0.2, 0.25) is 0 Å². The highest BCUT2D eigenvalue weighted by molar-refractivity contribution is 5.84. The van der Waals surface area contributed by atoms with Gasteiger partial charge in [-0.15, -0.1) is 0 Å². The monoisotopic (exact) mass is 351 g/mol. The molecule has 2 heterocycles. The SMILES string of the molecule is Fc1ccc2c(c1)c(CCCN1CCNCC1)cn2Cc1ccccc1. The summed E-state index contributed by atoms with van der Waals surface area (Å²) in [5.41, 5.74) is 3.64. The number of aryl methyl sites for hydroxylation is 1. The molecule has 26 heavy (non-hydrogen) atoms. The van der Waals surface area contributed by atoms with E-state index in [2.05, 4.69) is 45.2 Å². The molecule has 4 rings (SSSR count). The highest BCUT2D eigenvalue weighted by Crippen LogP contribution is 2.25. The van der Waals surface area contributed by atoms with Crippen molar-refractivity contribution in [1.82, 2.24) is 14.8 Å². The second-order valence-corrected chi connectivity index (χ2v) is 7.12. The van der Waals surface area contributed by atoms with Crippen molar-refractivity contribution in [3.05, 3.63) is 71.7 Å². The van der Waals surface area contributed by atoms with Crippen LogP contribution in [0.3, 0.4) is 0 Å². The molecule has 0 spiro atoms. The summed E-state index contributed by atoms with van der Waals surface area (Å²) >= 11 is 0. The summed E-state index contributed by atoms with van der Waals surface area (Å²) in [6, 6.07) is 15.6. The van der Waals surface area contributed by atoms with Crippen LogP contribution in [0.1, 0.15) is 17.5 Å². The molecule has 3 nitrogen and oxygen atoms in total. The molecule has 1 N–H and O–H groups in total. The lowest BCUT2D eigenvalue weighted by Gasteiger charge is -2.26. The van der Waals surface area contributed by atoms with E-state index in [1.807, 2.05) is 12.1 Å². The number of hydrogen-bond donors (Lipinski definition) is 1. The Labute approximate surface area is 154 Å². The van der Waals surface area contributed by atoms with Crippen LogP contribution in [-0.4, -0.2) is 42.2 Å². The van der Waals surface area contributed by atoms with Crippen molar-refractivity contribution in [1.29, 1.82) is 0 Å². The molecule has 0 saturated carbocycles. The molecule has 2 aromatic carbocycles. The van der Waals surface area contributed by atoms with Gasteiger partial charge in [0.15, 0.2) is 0 Å². The second-order valence-electron chi connectivity index (χ2n) is 7.12. The highest BCUT2D eigenvalue weighted by atomic mass is 19.1. The van der Waals surface area contributed by atoms with Crippen LogP contribution in [0.25, 0.3) is 10.9 Å². The number of benzene rings is 2. The fourth-order valence-electron chi connectivity index (χ4n) is 3.88. The molecule has 0 aliphatic carbocycles. The van der Waals surface area contributed by atoms with E-state index < -0.39 is 0 Å². The molecule has 136 valence electrons. The summed E-state index contributed by atoms with van der Waals surface area (Å²) in [5.74, 6) is -0.154. The molecule has 0 unspecified atom stereocenters. The molecule has 0 radical (unpaired) electrons. The van der Waals surface area contributed by atoms with E-state index in [4.69, 9.17) is 0 Å². The number of aromatic nitrogens is 1. The molecule has 1 fully saturated rings.